The van der Waals surface area contributed by atoms with Gasteiger partial charge in [0.15, 0.2) is 0 Å². The largest absolute Gasteiger partial charge is 0.378 e. The number of rotatable bonds is 4. The second-order valence-corrected chi connectivity index (χ2v) is 4.70. The molecule has 2 heterocycles. The number of amides is 1. The van der Waals surface area contributed by atoms with Crippen LogP contribution in [0.1, 0.15) is 13.3 Å². The van der Waals surface area contributed by atoms with Crippen molar-refractivity contribution in [3.05, 3.63) is 0 Å². The maximum atomic E-state index is 12.1. The van der Waals surface area contributed by atoms with Gasteiger partial charge in [-0.15, -0.1) is 0 Å². The number of morpholine rings is 1. The van der Waals surface area contributed by atoms with Crippen LogP contribution in [0, 0.1) is 0 Å². The second-order valence-electron chi connectivity index (χ2n) is 4.70. The Labute approximate surface area is 103 Å². The molecule has 0 aromatic rings. The number of nitrogens with one attached hydrogen (secondary N) is 1. The zero-order valence-electron chi connectivity index (χ0n) is 10.7. The van der Waals surface area contributed by atoms with Crippen LogP contribution in [0.2, 0.25) is 0 Å². The molecular formula is C12H23N3O2. The molecule has 1 unspecified atom stereocenters. The lowest BCUT2D eigenvalue weighted by molar-refractivity contribution is -0.136. The molecule has 1 amide bonds. The normalized spacial score (nSPS) is 25.5. The minimum absolute atomic E-state index is 0.252. The summed E-state index contributed by atoms with van der Waals surface area (Å²) in [6, 6.07) is 0.532. The quantitative estimate of drug-likeness (QED) is 0.723. The molecular weight excluding hydrogens is 218 g/mol. The molecule has 1 atom stereocenters. The lowest BCUT2D eigenvalue weighted by Crippen LogP contribution is -2.48. The Kier molecular flexibility index (Phi) is 4.76. The van der Waals surface area contributed by atoms with E-state index in [1.807, 2.05) is 4.90 Å². The Bertz CT molecular complexity index is 248. The van der Waals surface area contributed by atoms with Gasteiger partial charge in [-0.1, -0.05) is 6.92 Å². The van der Waals surface area contributed by atoms with Crippen LogP contribution in [-0.4, -0.2) is 74.2 Å². The molecule has 0 aromatic carbocycles. The van der Waals surface area contributed by atoms with Crippen molar-refractivity contribution in [3.63, 3.8) is 0 Å². The summed E-state index contributed by atoms with van der Waals surface area (Å²) in [6.45, 7) is 8.59. The molecule has 0 radical (unpaired) electrons. The van der Waals surface area contributed by atoms with E-state index >= 15 is 0 Å². The number of hydrogen-bond acceptors (Lipinski definition) is 4. The molecule has 98 valence electrons. The minimum Gasteiger partial charge on any atom is -0.378 e. The molecule has 0 spiro atoms. The van der Waals surface area contributed by atoms with Gasteiger partial charge in [-0.25, -0.2) is 0 Å². The molecule has 5 heteroatoms. The summed E-state index contributed by atoms with van der Waals surface area (Å²) in [6.07, 6.45) is 1.16. The number of likely N-dealkylation sites (N-methyl/N-ethyl adjacent to an activating group) is 1. The van der Waals surface area contributed by atoms with E-state index in [-0.39, 0.29) is 5.91 Å². The van der Waals surface area contributed by atoms with Crippen LogP contribution in [0.15, 0.2) is 0 Å². The van der Waals surface area contributed by atoms with Gasteiger partial charge in [-0.3, -0.25) is 9.69 Å². The molecule has 2 saturated heterocycles. The number of ether oxygens (including phenoxy) is 1. The molecule has 17 heavy (non-hydrogen) atoms. The van der Waals surface area contributed by atoms with Crippen molar-refractivity contribution in [2.45, 2.75) is 19.4 Å². The first-order valence-corrected chi connectivity index (χ1v) is 6.61. The van der Waals surface area contributed by atoms with Gasteiger partial charge >= 0.3 is 0 Å². The summed E-state index contributed by atoms with van der Waals surface area (Å²) >= 11 is 0. The molecule has 2 rings (SSSR count). The molecule has 2 fully saturated rings. The SMILES string of the molecule is CCN(CC(=O)N1CCOCC1)C1CCNC1. The predicted octanol–water partition coefficient (Wildman–Crippen LogP) is -0.471. The topological polar surface area (TPSA) is 44.8 Å². The molecule has 0 bridgehead atoms. The zero-order chi connectivity index (χ0) is 12.1. The first kappa shape index (κ1) is 12.8. The van der Waals surface area contributed by atoms with Crippen molar-refractivity contribution in [2.75, 3.05) is 52.5 Å². The monoisotopic (exact) mass is 241 g/mol. The molecule has 0 saturated carbocycles. The van der Waals surface area contributed by atoms with Gasteiger partial charge in [0.25, 0.3) is 0 Å². The summed E-state index contributed by atoms with van der Waals surface area (Å²) in [5.74, 6) is 0.252. The third-order valence-corrected chi connectivity index (χ3v) is 3.66. The van der Waals surface area contributed by atoms with E-state index in [0.29, 0.717) is 25.8 Å². The Balaban J connectivity index is 1.82. The van der Waals surface area contributed by atoms with Gasteiger partial charge in [0.1, 0.15) is 0 Å². The summed E-state index contributed by atoms with van der Waals surface area (Å²) in [7, 11) is 0. The van der Waals surface area contributed by atoms with Crippen LogP contribution < -0.4 is 5.32 Å². The summed E-state index contributed by atoms with van der Waals surface area (Å²) < 4.78 is 5.26. The van der Waals surface area contributed by atoms with Gasteiger partial charge in [-0.2, -0.15) is 0 Å². The van der Waals surface area contributed by atoms with E-state index in [1.54, 1.807) is 0 Å². The van der Waals surface area contributed by atoms with Crippen LogP contribution >= 0.6 is 0 Å². The maximum Gasteiger partial charge on any atom is 0.236 e. The van der Waals surface area contributed by atoms with Gasteiger partial charge in [0.2, 0.25) is 5.91 Å². The molecule has 2 aliphatic heterocycles. The average molecular weight is 241 g/mol. The summed E-state index contributed by atoms with van der Waals surface area (Å²) in [4.78, 5) is 16.3. The van der Waals surface area contributed by atoms with E-state index in [4.69, 9.17) is 4.74 Å². The van der Waals surface area contributed by atoms with E-state index in [0.717, 1.165) is 39.1 Å². The third kappa shape index (κ3) is 3.40. The van der Waals surface area contributed by atoms with Gasteiger partial charge < -0.3 is 15.0 Å². The van der Waals surface area contributed by atoms with E-state index in [9.17, 15) is 4.79 Å². The zero-order valence-corrected chi connectivity index (χ0v) is 10.7. The second kappa shape index (κ2) is 6.33. The highest BCUT2D eigenvalue weighted by atomic mass is 16.5. The number of carbonyl (C=O) groups is 1. The van der Waals surface area contributed by atoms with Crippen molar-refractivity contribution in [2.24, 2.45) is 0 Å². The van der Waals surface area contributed by atoms with E-state index < -0.39 is 0 Å². The number of hydrogen-bond donors (Lipinski definition) is 1. The first-order valence-electron chi connectivity index (χ1n) is 6.61. The Morgan fingerprint density at radius 2 is 2.24 bits per heavy atom. The standard InChI is InChI=1S/C12H23N3O2/c1-2-14(11-3-4-13-9-11)10-12(16)15-5-7-17-8-6-15/h11,13H,2-10H2,1H3. The number of carbonyl (C=O) groups excluding carboxylic acids is 1. The Morgan fingerprint density at radius 1 is 1.47 bits per heavy atom. The Morgan fingerprint density at radius 3 is 2.82 bits per heavy atom. The molecule has 1 N–H and O–H groups in total. The summed E-state index contributed by atoms with van der Waals surface area (Å²) in [5, 5.41) is 3.35. The summed E-state index contributed by atoms with van der Waals surface area (Å²) in [5.41, 5.74) is 0. The highest BCUT2D eigenvalue weighted by Crippen LogP contribution is 2.09. The van der Waals surface area contributed by atoms with Crippen molar-refractivity contribution >= 4 is 5.91 Å². The predicted molar refractivity (Wildman–Crippen MR) is 65.9 cm³/mol. The van der Waals surface area contributed by atoms with Crippen LogP contribution in [0.3, 0.4) is 0 Å². The van der Waals surface area contributed by atoms with Crippen LogP contribution in [0.25, 0.3) is 0 Å². The lowest BCUT2D eigenvalue weighted by Gasteiger charge is -2.31. The Hall–Kier alpha value is -0.650. The van der Waals surface area contributed by atoms with Crippen LogP contribution in [0.4, 0.5) is 0 Å². The van der Waals surface area contributed by atoms with E-state index in [2.05, 4.69) is 17.1 Å². The molecule has 2 aliphatic rings. The average Bonchev–Trinajstić information content (AvgIpc) is 2.90. The van der Waals surface area contributed by atoms with Crippen LogP contribution in [0.5, 0.6) is 0 Å². The molecule has 0 aromatic heterocycles. The minimum atomic E-state index is 0.252. The fraction of sp³-hybridized carbons (Fsp3) is 0.917. The van der Waals surface area contributed by atoms with Gasteiger partial charge in [-0.05, 0) is 19.5 Å². The van der Waals surface area contributed by atoms with Gasteiger partial charge in [0.05, 0.1) is 19.8 Å². The molecule has 5 nitrogen and oxygen atoms in total. The molecule has 0 aliphatic carbocycles. The highest BCUT2D eigenvalue weighted by molar-refractivity contribution is 5.78. The fourth-order valence-corrected chi connectivity index (χ4v) is 2.54. The van der Waals surface area contributed by atoms with Crippen molar-refractivity contribution in [3.8, 4) is 0 Å². The smallest absolute Gasteiger partial charge is 0.236 e. The van der Waals surface area contributed by atoms with E-state index in [1.165, 1.54) is 0 Å². The lowest BCUT2D eigenvalue weighted by atomic mass is 10.2. The van der Waals surface area contributed by atoms with Crippen LogP contribution in [-0.2, 0) is 9.53 Å². The maximum absolute atomic E-state index is 12.1. The number of nitrogens with zero attached hydrogens (tertiary/aromatic N) is 2. The van der Waals surface area contributed by atoms with Gasteiger partial charge in [0, 0.05) is 25.7 Å². The van der Waals surface area contributed by atoms with Crippen molar-refractivity contribution < 1.29 is 9.53 Å². The first-order chi connectivity index (χ1) is 8.31. The fourth-order valence-electron chi connectivity index (χ4n) is 2.54. The van der Waals surface area contributed by atoms with Crippen molar-refractivity contribution in [1.29, 1.82) is 0 Å². The highest BCUT2D eigenvalue weighted by Gasteiger charge is 2.25. The van der Waals surface area contributed by atoms with Crippen molar-refractivity contribution in [1.82, 2.24) is 15.1 Å². The third-order valence-electron chi connectivity index (χ3n) is 3.66.